The third-order valence-electron chi connectivity index (χ3n) is 2.77. The van der Waals surface area contributed by atoms with Crippen molar-refractivity contribution in [2.45, 2.75) is 13.5 Å². The van der Waals surface area contributed by atoms with Crippen LogP contribution in [0.15, 0.2) is 34.9 Å². The van der Waals surface area contributed by atoms with Gasteiger partial charge in [-0.25, -0.2) is 4.79 Å². The maximum absolute atomic E-state index is 12.1. The highest BCUT2D eigenvalue weighted by Gasteiger charge is 2.13. The van der Waals surface area contributed by atoms with E-state index in [9.17, 15) is 4.79 Å². The first-order valence-electron chi connectivity index (χ1n) is 6.17. The molecule has 6 heteroatoms. The van der Waals surface area contributed by atoms with Gasteiger partial charge in [0.1, 0.15) is 17.2 Å². The van der Waals surface area contributed by atoms with Gasteiger partial charge in [0.25, 0.3) is 0 Å². The number of aromatic nitrogens is 1. The Morgan fingerprint density at radius 2 is 2.20 bits per heavy atom. The molecule has 20 heavy (non-hydrogen) atoms. The molecule has 0 aliphatic heterocycles. The molecule has 0 bridgehead atoms. The fourth-order valence-electron chi connectivity index (χ4n) is 1.77. The summed E-state index contributed by atoms with van der Waals surface area (Å²) >= 11 is 0. The minimum Gasteiger partial charge on any atom is -0.495 e. The molecule has 0 saturated carbocycles. The van der Waals surface area contributed by atoms with Crippen LogP contribution in [0.5, 0.6) is 5.75 Å². The highest BCUT2D eigenvalue weighted by atomic mass is 16.5. The predicted molar refractivity (Wildman–Crippen MR) is 74.7 cm³/mol. The normalized spacial score (nSPS) is 10.2. The summed E-state index contributed by atoms with van der Waals surface area (Å²) in [6, 6.07) is 8.80. The number of carbonyl (C=O) groups excluding carboxylic acids is 1. The van der Waals surface area contributed by atoms with Gasteiger partial charge in [-0.15, -0.1) is 0 Å². The zero-order chi connectivity index (χ0) is 14.5. The highest BCUT2D eigenvalue weighted by molar-refractivity contribution is 5.90. The van der Waals surface area contributed by atoms with E-state index < -0.39 is 0 Å². The molecule has 0 radical (unpaired) electrons. The monoisotopic (exact) mass is 275 g/mol. The van der Waals surface area contributed by atoms with Gasteiger partial charge in [-0.3, -0.25) is 0 Å². The smallest absolute Gasteiger partial charge is 0.322 e. The summed E-state index contributed by atoms with van der Waals surface area (Å²) < 4.78 is 10.2. The number of urea groups is 1. The average Bonchev–Trinajstić information content (AvgIpc) is 2.84. The van der Waals surface area contributed by atoms with Gasteiger partial charge in [0.05, 0.1) is 19.3 Å². The second-order valence-electron chi connectivity index (χ2n) is 4.42. The van der Waals surface area contributed by atoms with Crippen LogP contribution < -0.4 is 10.1 Å². The van der Waals surface area contributed by atoms with Crippen LogP contribution in [0.4, 0.5) is 10.5 Å². The van der Waals surface area contributed by atoms with Crippen LogP contribution in [-0.2, 0) is 6.54 Å². The first kappa shape index (κ1) is 13.9. The number of rotatable bonds is 4. The number of anilines is 1. The van der Waals surface area contributed by atoms with Gasteiger partial charge in [-0.05, 0) is 19.1 Å². The third kappa shape index (κ3) is 3.28. The summed E-state index contributed by atoms with van der Waals surface area (Å²) in [5.74, 6) is 1.34. The average molecular weight is 275 g/mol. The Hall–Kier alpha value is -2.50. The fraction of sp³-hybridized carbons (Fsp3) is 0.286. The number of ether oxygens (including phenoxy) is 1. The molecule has 0 aliphatic carbocycles. The Morgan fingerprint density at radius 3 is 2.85 bits per heavy atom. The number of nitrogens with zero attached hydrogens (tertiary/aromatic N) is 2. The molecule has 1 heterocycles. The summed E-state index contributed by atoms with van der Waals surface area (Å²) in [6.07, 6.45) is 0. The molecule has 0 unspecified atom stereocenters. The number of nitrogens with one attached hydrogen (secondary N) is 1. The van der Waals surface area contributed by atoms with E-state index in [1.165, 1.54) is 4.90 Å². The van der Waals surface area contributed by atoms with Gasteiger partial charge in [-0.2, -0.15) is 0 Å². The molecular formula is C14H17N3O3. The molecule has 2 amide bonds. The number of para-hydroxylation sites is 2. The molecule has 106 valence electrons. The van der Waals surface area contributed by atoms with Crippen molar-refractivity contribution in [1.29, 1.82) is 0 Å². The summed E-state index contributed by atoms with van der Waals surface area (Å²) in [5.41, 5.74) is 1.34. The van der Waals surface area contributed by atoms with E-state index >= 15 is 0 Å². The van der Waals surface area contributed by atoms with E-state index in [2.05, 4.69) is 10.5 Å². The van der Waals surface area contributed by atoms with Crippen LogP contribution in [0.3, 0.4) is 0 Å². The van der Waals surface area contributed by atoms with E-state index in [1.54, 1.807) is 32.4 Å². The lowest BCUT2D eigenvalue weighted by molar-refractivity contribution is 0.219. The number of methoxy groups -OCH3 is 1. The van der Waals surface area contributed by atoms with Crippen LogP contribution in [0.2, 0.25) is 0 Å². The van der Waals surface area contributed by atoms with Crippen molar-refractivity contribution < 1.29 is 14.1 Å². The molecule has 1 aromatic heterocycles. The van der Waals surface area contributed by atoms with E-state index in [4.69, 9.17) is 9.26 Å². The van der Waals surface area contributed by atoms with Gasteiger partial charge in [0.15, 0.2) is 0 Å². The van der Waals surface area contributed by atoms with Crippen molar-refractivity contribution in [1.82, 2.24) is 10.1 Å². The Kier molecular flexibility index (Phi) is 4.24. The lowest BCUT2D eigenvalue weighted by atomic mass is 10.3. The molecule has 6 nitrogen and oxygen atoms in total. The first-order valence-corrected chi connectivity index (χ1v) is 6.17. The second-order valence-corrected chi connectivity index (χ2v) is 4.42. The number of aryl methyl sites for hydroxylation is 1. The number of carbonyl (C=O) groups is 1. The highest BCUT2D eigenvalue weighted by Crippen LogP contribution is 2.23. The van der Waals surface area contributed by atoms with Crippen LogP contribution in [0.1, 0.15) is 11.5 Å². The lowest BCUT2D eigenvalue weighted by Gasteiger charge is -2.17. The SMILES string of the molecule is COc1ccccc1NC(=O)N(C)Cc1cc(C)on1. The Balaban J connectivity index is 2.00. The fourth-order valence-corrected chi connectivity index (χ4v) is 1.77. The first-order chi connectivity index (χ1) is 9.60. The second kappa shape index (κ2) is 6.10. The molecular weight excluding hydrogens is 258 g/mol. The number of benzene rings is 1. The topological polar surface area (TPSA) is 67.6 Å². The minimum absolute atomic E-state index is 0.241. The van der Waals surface area contributed by atoms with Crippen LogP contribution >= 0.6 is 0 Å². The lowest BCUT2D eigenvalue weighted by Crippen LogP contribution is -2.31. The van der Waals surface area contributed by atoms with E-state index in [0.717, 1.165) is 5.76 Å². The number of hydrogen-bond donors (Lipinski definition) is 1. The van der Waals surface area contributed by atoms with Crippen molar-refractivity contribution in [2.24, 2.45) is 0 Å². The molecule has 0 atom stereocenters. The predicted octanol–water partition coefficient (Wildman–Crippen LogP) is 2.66. The van der Waals surface area contributed by atoms with Gasteiger partial charge in [-0.1, -0.05) is 17.3 Å². The Bertz CT molecular complexity index is 595. The standard InChI is InChI=1S/C14H17N3O3/c1-10-8-11(16-20-10)9-17(2)14(18)15-12-6-4-5-7-13(12)19-3/h4-8H,9H2,1-3H3,(H,15,18). The quantitative estimate of drug-likeness (QED) is 0.931. The molecule has 0 fully saturated rings. The van der Waals surface area contributed by atoms with Crippen molar-refractivity contribution in [2.75, 3.05) is 19.5 Å². The molecule has 0 spiro atoms. The largest absolute Gasteiger partial charge is 0.495 e. The van der Waals surface area contributed by atoms with Crippen molar-refractivity contribution in [3.05, 3.63) is 41.8 Å². The van der Waals surface area contributed by atoms with Gasteiger partial charge in [0, 0.05) is 13.1 Å². The molecule has 0 aliphatic rings. The Labute approximate surface area is 117 Å². The molecule has 2 aromatic rings. The van der Waals surface area contributed by atoms with Crippen molar-refractivity contribution >= 4 is 11.7 Å². The molecule has 0 saturated heterocycles. The van der Waals surface area contributed by atoms with Gasteiger partial charge >= 0.3 is 6.03 Å². The van der Waals surface area contributed by atoms with Crippen LogP contribution in [0, 0.1) is 6.92 Å². The maximum atomic E-state index is 12.1. The van der Waals surface area contributed by atoms with E-state index in [1.807, 2.05) is 19.1 Å². The molecule has 1 N–H and O–H groups in total. The third-order valence-corrected chi connectivity index (χ3v) is 2.77. The number of amides is 2. The minimum atomic E-state index is -0.241. The zero-order valence-corrected chi connectivity index (χ0v) is 11.7. The number of hydrogen-bond acceptors (Lipinski definition) is 4. The zero-order valence-electron chi connectivity index (χ0n) is 11.7. The van der Waals surface area contributed by atoms with Crippen LogP contribution in [-0.4, -0.2) is 30.2 Å². The van der Waals surface area contributed by atoms with E-state index in [-0.39, 0.29) is 6.03 Å². The van der Waals surface area contributed by atoms with E-state index in [0.29, 0.717) is 23.7 Å². The van der Waals surface area contributed by atoms with Gasteiger partial charge < -0.3 is 19.5 Å². The Morgan fingerprint density at radius 1 is 1.45 bits per heavy atom. The summed E-state index contributed by atoms with van der Waals surface area (Å²) in [5, 5.41) is 6.65. The summed E-state index contributed by atoms with van der Waals surface area (Å²) in [6.45, 7) is 2.18. The van der Waals surface area contributed by atoms with Gasteiger partial charge in [0.2, 0.25) is 0 Å². The van der Waals surface area contributed by atoms with Crippen molar-refractivity contribution in [3.8, 4) is 5.75 Å². The van der Waals surface area contributed by atoms with Crippen molar-refractivity contribution in [3.63, 3.8) is 0 Å². The summed E-state index contributed by atoms with van der Waals surface area (Å²) in [7, 11) is 3.25. The molecule has 1 aromatic carbocycles. The summed E-state index contributed by atoms with van der Waals surface area (Å²) in [4.78, 5) is 13.6. The van der Waals surface area contributed by atoms with Crippen LogP contribution in [0.25, 0.3) is 0 Å². The maximum Gasteiger partial charge on any atom is 0.322 e. The molecule has 2 rings (SSSR count).